The lowest BCUT2D eigenvalue weighted by Gasteiger charge is -2.39. The van der Waals surface area contributed by atoms with E-state index in [1.807, 2.05) is 0 Å². The molecule has 5 heteroatoms. The van der Waals surface area contributed by atoms with Gasteiger partial charge < -0.3 is 15.2 Å². The van der Waals surface area contributed by atoms with E-state index >= 15 is 0 Å². The Balaban J connectivity index is 2.72. The molecular formula is C13H23NO4. The SMILES string of the molecule is CC(C)(C)OC(=O)NC1(C)CCCCC1C(=O)O. The van der Waals surface area contributed by atoms with Crippen LogP contribution in [0.4, 0.5) is 4.79 Å². The summed E-state index contributed by atoms with van der Waals surface area (Å²) in [5.41, 5.74) is -1.29. The van der Waals surface area contributed by atoms with Gasteiger partial charge in [-0.2, -0.15) is 0 Å². The molecule has 0 aromatic rings. The van der Waals surface area contributed by atoms with E-state index in [0.29, 0.717) is 12.8 Å². The van der Waals surface area contributed by atoms with E-state index in [1.54, 1.807) is 27.7 Å². The second kappa shape index (κ2) is 5.16. The molecule has 0 saturated heterocycles. The predicted molar refractivity (Wildman–Crippen MR) is 67.4 cm³/mol. The van der Waals surface area contributed by atoms with Crippen molar-refractivity contribution in [2.45, 2.75) is 64.5 Å². The minimum atomic E-state index is -0.853. The highest BCUT2D eigenvalue weighted by atomic mass is 16.6. The molecule has 1 fully saturated rings. The van der Waals surface area contributed by atoms with Gasteiger partial charge in [-0.1, -0.05) is 12.8 Å². The number of carboxylic acids is 1. The van der Waals surface area contributed by atoms with Crippen LogP contribution >= 0.6 is 0 Å². The van der Waals surface area contributed by atoms with E-state index in [-0.39, 0.29) is 0 Å². The molecule has 1 rings (SSSR count). The van der Waals surface area contributed by atoms with E-state index in [2.05, 4.69) is 5.32 Å². The zero-order valence-corrected chi connectivity index (χ0v) is 11.6. The molecule has 0 aromatic carbocycles. The highest BCUT2D eigenvalue weighted by molar-refractivity contribution is 5.75. The Kier molecular flexibility index (Phi) is 4.24. The van der Waals surface area contributed by atoms with E-state index < -0.39 is 29.1 Å². The number of aliphatic carboxylic acids is 1. The summed E-state index contributed by atoms with van der Waals surface area (Å²) < 4.78 is 5.19. The number of ether oxygens (including phenoxy) is 1. The third kappa shape index (κ3) is 3.89. The lowest BCUT2D eigenvalue weighted by molar-refractivity contribution is -0.145. The Bertz CT molecular complexity index is 334. The molecule has 0 bridgehead atoms. The van der Waals surface area contributed by atoms with E-state index in [0.717, 1.165) is 12.8 Å². The van der Waals surface area contributed by atoms with Crippen molar-refractivity contribution in [2.24, 2.45) is 5.92 Å². The first kappa shape index (κ1) is 14.8. The van der Waals surface area contributed by atoms with Crippen molar-refractivity contribution >= 4 is 12.1 Å². The quantitative estimate of drug-likeness (QED) is 0.797. The van der Waals surface area contributed by atoms with Crippen LogP contribution in [0.3, 0.4) is 0 Å². The molecule has 0 aliphatic heterocycles. The average molecular weight is 257 g/mol. The number of alkyl carbamates (subject to hydrolysis) is 1. The minimum Gasteiger partial charge on any atom is -0.481 e. The van der Waals surface area contributed by atoms with Crippen molar-refractivity contribution in [1.82, 2.24) is 5.32 Å². The standard InChI is InChI=1S/C13H23NO4/c1-12(2,3)18-11(17)14-13(4)8-6-5-7-9(13)10(15)16/h9H,5-8H2,1-4H3,(H,14,17)(H,15,16). The highest BCUT2D eigenvalue weighted by Gasteiger charge is 2.42. The summed E-state index contributed by atoms with van der Waals surface area (Å²) in [5.74, 6) is -1.40. The van der Waals surface area contributed by atoms with Crippen LogP contribution in [0.2, 0.25) is 0 Å². The molecule has 0 heterocycles. The minimum absolute atomic E-state index is 0.543. The summed E-state index contributed by atoms with van der Waals surface area (Å²) in [4.78, 5) is 23.0. The van der Waals surface area contributed by atoms with Crippen LogP contribution in [0, 0.1) is 5.92 Å². The summed E-state index contributed by atoms with van der Waals surface area (Å²) in [5, 5.41) is 12.0. The van der Waals surface area contributed by atoms with Gasteiger partial charge in [-0.15, -0.1) is 0 Å². The molecule has 2 unspecified atom stereocenters. The summed E-state index contributed by atoms with van der Waals surface area (Å²) in [6.45, 7) is 7.13. The summed E-state index contributed by atoms with van der Waals surface area (Å²) in [7, 11) is 0. The van der Waals surface area contributed by atoms with Crippen LogP contribution in [0.1, 0.15) is 53.4 Å². The number of carboxylic acid groups (broad SMARTS) is 1. The van der Waals surface area contributed by atoms with E-state index in [9.17, 15) is 14.7 Å². The van der Waals surface area contributed by atoms with Crippen molar-refractivity contribution in [2.75, 3.05) is 0 Å². The fourth-order valence-corrected chi connectivity index (χ4v) is 2.42. The van der Waals surface area contributed by atoms with Gasteiger partial charge in [-0.3, -0.25) is 4.79 Å². The fraction of sp³-hybridized carbons (Fsp3) is 0.846. The molecule has 104 valence electrons. The summed E-state index contributed by atoms with van der Waals surface area (Å²) in [6.07, 6.45) is 2.54. The van der Waals surface area contributed by atoms with Crippen LogP contribution in [0.5, 0.6) is 0 Å². The Morgan fingerprint density at radius 3 is 2.44 bits per heavy atom. The molecule has 1 aliphatic rings. The molecule has 0 aromatic heterocycles. The van der Waals surface area contributed by atoms with Crippen molar-refractivity contribution < 1.29 is 19.4 Å². The molecule has 1 aliphatic carbocycles. The van der Waals surface area contributed by atoms with Gasteiger partial charge in [0, 0.05) is 0 Å². The maximum atomic E-state index is 11.8. The first-order valence-electron chi connectivity index (χ1n) is 6.38. The van der Waals surface area contributed by atoms with Crippen LogP contribution < -0.4 is 5.32 Å². The van der Waals surface area contributed by atoms with Gasteiger partial charge in [-0.05, 0) is 40.5 Å². The maximum absolute atomic E-state index is 11.8. The molecule has 1 saturated carbocycles. The van der Waals surface area contributed by atoms with Gasteiger partial charge in [0.1, 0.15) is 5.60 Å². The average Bonchev–Trinajstić information content (AvgIpc) is 2.13. The van der Waals surface area contributed by atoms with Crippen LogP contribution in [-0.2, 0) is 9.53 Å². The van der Waals surface area contributed by atoms with Gasteiger partial charge in [0.2, 0.25) is 0 Å². The topological polar surface area (TPSA) is 75.6 Å². The number of hydrogen-bond acceptors (Lipinski definition) is 3. The number of hydrogen-bond donors (Lipinski definition) is 2. The monoisotopic (exact) mass is 257 g/mol. The number of amides is 1. The number of carbonyl (C=O) groups excluding carboxylic acids is 1. The maximum Gasteiger partial charge on any atom is 0.408 e. The summed E-state index contributed by atoms with van der Waals surface area (Å²) >= 11 is 0. The third-order valence-corrected chi connectivity index (χ3v) is 3.29. The van der Waals surface area contributed by atoms with Gasteiger partial charge in [-0.25, -0.2) is 4.79 Å². The predicted octanol–water partition coefficient (Wildman–Crippen LogP) is 2.54. The molecule has 2 N–H and O–H groups in total. The number of nitrogens with one attached hydrogen (secondary N) is 1. The van der Waals surface area contributed by atoms with E-state index in [4.69, 9.17) is 4.74 Å². The third-order valence-electron chi connectivity index (χ3n) is 3.29. The first-order chi connectivity index (χ1) is 8.14. The van der Waals surface area contributed by atoms with E-state index in [1.165, 1.54) is 0 Å². The Labute approximate surface area is 108 Å². The highest BCUT2D eigenvalue weighted by Crippen LogP contribution is 2.34. The molecule has 18 heavy (non-hydrogen) atoms. The molecule has 1 amide bonds. The molecule has 0 spiro atoms. The molecule has 0 radical (unpaired) electrons. The molecule has 5 nitrogen and oxygen atoms in total. The van der Waals surface area contributed by atoms with Gasteiger partial charge in [0.25, 0.3) is 0 Å². The fourth-order valence-electron chi connectivity index (χ4n) is 2.42. The van der Waals surface area contributed by atoms with Crippen molar-refractivity contribution in [3.8, 4) is 0 Å². The first-order valence-corrected chi connectivity index (χ1v) is 6.38. The van der Waals surface area contributed by atoms with Crippen LogP contribution in [0.15, 0.2) is 0 Å². The van der Waals surface area contributed by atoms with Crippen LogP contribution in [0.25, 0.3) is 0 Å². The largest absolute Gasteiger partial charge is 0.481 e. The number of rotatable bonds is 2. The lowest BCUT2D eigenvalue weighted by Crippen LogP contribution is -2.56. The second-order valence-corrected chi connectivity index (χ2v) is 6.18. The zero-order chi connectivity index (χ0) is 14.0. The molecule has 2 atom stereocenters. The summed E-state index contributed by atoms with van der Waals surface area (Å²) in [6, 6.07) is 0. The Morgan fingerprint density at radius 1 is 1.33 bits per heavy atom. The lowest BCUT2D eigenvalue weighted by atomic mass is 9.74. The van der Waals surface area contributed by atoms with Crippen molar-refractivity contribution in [3.63, 3.8) is 0 Å². The normalized spacial score (nSPS) is 28.6. The van der Waals surface area contributed by atoms with Crippen molar-refractivity contribution in [1.29, 1.82) is 0 Å². The Morgan fingerprint density at radius 2 is 1.94 bits per heavy atom. The molecular weight excluding hydrogens is 234 g/mol. The van der Waals surface area contributed by atoms with Crippen LogP contribution in [-0.4, -0.2) is 28.3 Å². The van der Waals surface area contributed by atoms with Gasteiger partial charge >= 0.3 is 12.1 Å². The second-order valence-electron chi connectivity index (χ2n) is 6.18. The number of carbonyl (C=O) groups is 2. The smallest absolute Gasteiger partial charge is 0.408 e. The Hall–Kier alpha value is -1.26. The van der Waals surface area contributed by atoms with Gasteiger partial charge in [0.15, 0.2) is 0 Å². The van der Waals surface area contributed by atoms with Gasteiger partial charge in [0.05, 0.1) is 11.5 Å². The zero-order valence-electron chi connectivity index (χ0n) is 11.6. The van der Waals surface area contributed by atoms with Crippen molar-refractivity contribution in [3.05, 3.63) is 0 Å².